The molecule has 2 aromatic carbocycles. The average Bonchev–Trinajstić information content (AvgIpc) is 2.99. The molecule has 142 valence electrons. The van der Waals surface area contributed by atoms with Gasteiger partial charge in [-0.1, -0.05) is 37.3 Å². The normalized spacial score (nSPS) is 11.0. The molecule has 27 heavy (non-hydrogen) atoms. The molecule has 0 aliphatic rings. The van der Waals surface area contributed by atoms with E-state index in [4.69, 9.17) is 14.2 Å². The van der Waals surface area contributed by atoms with Gasteiger partial charge >= 0.3 is 0 Å². The molecule has 5 nitrogen and oxygen atoms in total. The first-order valence-corrected chi connectivity index (χ1v) is 9.04. The average molecular weight is 367 g/mol. The molecule has 0 amide bonds. The number of hydrogen-bond donors (Lipinski definition) is 0. The maximum absolute atomic E-state index is 11.9. The van der Waals surface area contributed by atoms with Crippen LogP contribution in [0.3, 0.4) is 0 Å². The number of carbonyl (C=O) groups excluding carboxylic acids is 1. The Kier molecular flexibility index (Phi) is 5.81. The fraction of sp³-hybridized carbons (Fsp3) is 0.318. The van der Waals surface area contributed by atoms with Crippen molar-refractivity contribution in [2.75, 3.05) is 21.0 Å². The van der Waals surface area contributed by atoms with E-state index in [9.17, 15) is 4.79 Å². The van der Waals surface area contributed by atoms with Crippen LogP contribution in [0.4, 0.5) is 0 Å². The number of rotatable bonds is 8. The number of aromatic nitrogens is 1. The molecule has 3 aromatic rings. The van der Waals surface area contributed by atoms with Crippen molar-refractivity contribution < 1.29 is 19.0 Å². The topological polar surface area (TPSA) is 49.7 Å². The highest BCUT2D eigenvalue weighted by Crippen LogP contribution is 2.44. The lowest BCUT2D eigenvalue weighted by Crippen LogP contribution is -2.06. The Labute approximate surface area is 159 Å². The van der Waals surface area contributed by atoms with E-state index in [1.165, 1.54) is 0 Å². The molecule has 5 heteroatoms. The fourth-order valence-electron chi connectivity index (χ4n) is 3.65. The van der Waals surface area contributed by atoms with Gasteiger partial charge in [-0.25, -0.2) is 0 Å². The third-order valence-corrected chi connectivity index (χ3v) is 4.68. The summed E-state index contributed by atoms with van der Waals surface area (Å²) in [6.45, 7) is 5.08. The summed E-state index contributed by atoms with van der Waals surface area (Å²) in [4.78, 5) is 11.9. The molecule has 0 fully saturated rings. The van der Waals surface area contributed by atoms with Gasteiger partial charge in [0.2, 0.25) is 0 Å². The second-order valence-electron chi connectivity index (χ2n) is 6.38. The molecule has 0 bridgehead atoms. The predicted molar refractivity (Wildman–Crippen MR) is 107 cm³/mol. The first kappa shape index (κ1) is 19.0. The Morgan fingerprint density at radius 3 is 2.48 bits per heavy atom. The quantitative estimate of drug-likeness (QED) is 0.423. The smallest absolute Gasteiger partial charge is 0.189 e. The van der Waals surface area contributed by atoms with Crippen LogP contribution in [0, 0.1) is 6.92 Å². The van der Waals surface area contributed by atoms with E-state index in [2.05, 4.69) is 30.5 Å². The number of nitrogens with zero attached hydrogens (tertiary/aromatic N) is 1. The molecule has 0 spiro atoms. The fourth-order valence-corrected chi connectivity index (χ4v) is 3.65. The number of fused-ring (bicyclic) bond motifs is 1. The maximum atomic E-state index is 11.9. The van der Waals surface area contributed by atoms with Gasteiger partial charge in [-0.05, 0) is 30.5 Å². The summed E-state index contributed by atoms with van der Waals surface area (Å²) in [7, 11) is 3.16. The minimum Gasteiger partial charge on any atom is -0.493 e. The lowest BCUT2D eigenvalue weighted by molar-refractivity contribution is 0.0500. The number of carbonyl (C=O) groups is 1. The highest BCUT2D eigenvalue weighted by Gasteiger charge is 2.24. The molecule has 1 heterocycles. The molecule has 0 atom stereocenters. The lowest BCUT2D eigenvalue weighted by Gasteiger charge is -2.16. The SMILES string of the molecule is CCCn1c(-c2ccccc2)c(C)c2c(C=O)cc(OC)c(OCOC)c21. The number of methoxy groups -OCH3 is 2. The Bertz CT molecular complexity index is 944. The van der Waals surface area contributed by atoms with Crippen LogP contribution < -0.4 is 9.47 Å². The largest absolute Gasteiger partial charge is 0.493 e. The second kappa shape index (κ2) is 8.27. The Hall–Kier alpha value is -2.79. The third-order valence-electron chi connectivity index (χ3n) is 4.68. The van der Waals surface area contributed by atoms with Gasteiger partial charge in [-0.2, -0.15) is 0 Å². The molecule has 0 aliphatic heterocycles. The van der Waals surface area contributed by atoms with Crippen molar-refractivity contribution in [2.24, 2.45) is 0 Å². The van der Waals surface area contributed by atoms with Crippen molar-refractivity contribution in [3.8, 4) is 22.8 Å². The van der Waals surface area contributed by atoms with Crippen molar-refractivity contribution in [2.45, 2.75) is 26.8 Å². The van der Waals surface area contributed by atoms with Crippen molar-refractivity contribution in [1.82, 2.24) is 4.57 Å². The zero-order valence-electron chi connectivity index (χ0n) is 16.2. The van der Waals surface area contributed by atoms with Gasteiger partial charge in [0.25, 0.3) is 0 Å². The highest BCUT2D eigenvalue weighted by atomic mass is 16.7. The van der Waals surface area contributed by atoms with Gasteiger partial charge in [-0.3, -0.25) is 4.79 Å². The minimum atomic E-state index is 0.100. The predicted octanol–water partition coefficient (Wildman–Crippen LogP) is 4.83. The van der Waals surface area contributed by atoms with Crippen molar-refractivity contribution >= 4 is 17.2 Å². The molecule has 1 aromatic heterocycles. The second-order valence-corrected chi connectivity index (χ2v) is 6.38. The van der Waals surface area contributed by atoms with Gasteiger partial charge < -0.3 is 18.8 Å². The summed E-state index contributed by atoms with van der Waals surface area (Å²) >= 11 is 0. The molecule has 0 aliphatic carbocycles. The molecule has 3 rings (SSSR count). The van der Waals surface area contributed by atoms with Crippen LogP contribution in [0.2, 0.25) is 0 Å². The van der Waals surface area contributed by atoms with E-state index >= 15 is 0 Å². The molecule has 0 saturated heterocycles. The zero-order valence-corrected chi connectivity index (χ0v) is 16.2. The van der Waals surface area contributed by atoms with Gasteiger partial charge in [0.05, 0.1) is 18.3 Å². The molecule has 0 radical (unpaired) electrons. The van der Waals surface area contributed by atoms with Crippen LogP contribution in [0.15, 0.2) is 36.4 Å². The van der Waals surface area contributed by atoms with Crippen LogP contribution in [0.25, 0.3) is 22.2 Å². The molecular weight excluding hydrogens is 342 g/mol. The number of ether oxygens (including phenoxy) is 3. The summed E-state index contributed by atoms with van der Waals surface area (Å²) in [5, 5.41) is 0.893. The van der Waals surface area contributed by atoms with Gasteiger partial charge in [-0.15, -0.1) is 0 Å². The summed E-state index contributed by atoms with van der Waals surface area (Å²) in [5.41, 5.74) is 4.71. The van der Waals surface area contributed by atoms with Crippen LogP contribution >= 0.6 is 0 Å². The van der Waals surface area contributed by atoms with Crippen molar-refractivity contribution in [1.29, 1.82) is 0 Å². The van der Waals surface area contributed by atoms with Gasteiger partial charge in [0, 0.05) is 24.6 Å². The van der Waals surface area contributed by atoms with Crippen LogP contribution in [0.1, 0.15) is 29.3 Å². The standard InChI is InChI=1S/C22H25NO4/c1-5-11-23-20(16-9-7-6-8-10-16)15(2)19-17(13-24)12-18(26-4)22(21(19)23)27-14-25-3/h6-10,12-13H,5,11,14H2,1-4H3. The number of aldehydes is 1. The van der Waals surface area contributed by atoms with Crippen LogP contribution in [-0.2, 0) is 11.3 Å². The van der Waals surface area contributed by atoms with E-state index in [-0.39, 0.29) is 6.79 Å². The molecule has 0 N–H and O–H groups in total. The van der Waals surface area contributed by atoms with Crippen LogP contribution in [-0.4, -0.2) is 31.9 Å². The molecule has 0 unspecified atom stereocenters. The van der Waals surface area contributed by atoms with E-state index in [1.54, 1.807) is 20.3 Å². The van der Waals surface area contributed by atoms with Crippen molar-refractivity contribution in [3.63, 3.8) is 0 Å². The molecular formula is C22H25NO4. The minimum absolute atomic E-state index is 0.100. The zero-order chi connectivity index (χ0) is 19.4. The summed E-state index contributed by atoms with van der Waals surface area (Å²) in [5.74, 6) is 1.12. The Morgan fingerprint density at radius 1 is 1.15 bits per heavy atom. The number of benzene rings is 2. The summed E-state index contributed by atoms with van der Waals surface area (Å²) in [6, 6.07) is 11.9. The highest BCUT2D eigenvalue weighted by molar-refractivity contribution is 6.06. The molecule has 0 saturated carbocycles. The summed E-state index contributed by atoms with van der Waals surface area (Å²) in [6.07, 6.45) is 1.82. The first-order chi connectivity index (χ1) is 13.2. The van der Waals surface area contributed by atoms with Crippen molar-refractivity contribution in [3.05, 3.63) is 47.5 Å². The third kappa shape index (κ3) is 3.30. The summed E-state index contributed by atoms with van der Waals surface area (Å²) < 4.78 is 18.8. The van der Waals surface area contributed by atoms with E-state index in [0.717, 1.165) is 47.0 Å². The maximum Gasteiger partial charge on any atom is 0.189 e. The van der Waals surface area contributed by atoms with E-state index in [1.807, 2.05) is 18.2 Å². The Morgan fingerprint density at radius 2 is 1.89 bits per heavy atom. The lowest BCUT2D eigenvalue weighted by atomic mass is 10.0. The monoisotopic (exact) mass is 367 g/mol. The van der Waals surface area contributed by atoms with Crippen LogP contribution in [0.5, 0.6) is 11.5 Å². The Balaban J connectivity index is 2.45. The van der Waals surface area contributed by atoms with Gasteiger partial charge in [0.1, 0.15) is 0 Å². The number of aryl methyl sites for hydroxylation is 2. The van der Waals surface area contributed by atoms with E-state index in [0.29, 0.717) is 17.1 Å². The van der Waals surface area contributed by atoms with E-state index < -0.39 is 0 Å². The number of hydrogen-bond acceptors (Lipinski definition) is 4. The first-order valence-electron chi connectivity index (χ1n) is 9.04. The van der Waals surface area contributed by atoms with Gasteiger partial charge in [0.15, 0.2) is 24.6 Å².